The van der Waals surface area contributed by atoms with E-state index >= 15 is 0 Å². The van der Waals surface area contributed by atoms with Gasteiger partial charge in [0, 0.05) is 34.6 Å². The Morgan fingerprint density at radius 2 is 1.58 bits per heavy atom. The number of rotatable bonds is 4. The third-order valence-electron chi connectivity index (χ3n) is 5.60. The van der Waals surface area contributed by atoms with Crippen LogP contribution < -0.4 is 4.90 Å². The Morgan fingerprint density at radius 3 is 2.52 bits per heavy atom. The van der Waals surface area contributed by atoms with E-state index in [0.717, 1.165) is 18.8 Å². The summed E-state index contributed by atoms with van der Waals surface area (Å²) in [5.74, 6) is 0. The summed E-state index contributed by atoms with van der Waals surface area (Å²) in [5, 5.41) is 2.55. The van der Waals surface area contributed by atoms with Crippen LogP contribution >= 0.6 is 11.8 Å². The van der Waals surface area contributed by atoms with Gasteiger partial charge in [0.15, 0.2) is 0 Å². The molecule has 5 rings (SSSR count). The van der Waals surface area contributed by atoms with Crippen LogP contribution in [0.2, 0.25) is 0 Å². The molecule has 2 nitrogen and oxygen atoms in total. The molecule has 0 aromatic heterocycles. The van der Waals surface area contributed by atoms with Gasteiger partial charge in [-0.3, -0.25) is 4.99 Å². The maximum atomic E-state index is 4.86. The molecule has 0 N–H and O–H groups in total. The van der Waals surface area contributed by atoms with Crippen molar-refractivity contribution in [3.8, 4) is 0 Å². The van der Waals surface area contributed by atoms with Gasteiger partial charge in [-0.1, -0.05) is 84.6 Å². The Balaban J connectivity index is 1.45. The van der Waals surface area contributed by atoms with Crippen molar-refractivity contribution < 1.29 is 0 Å². The summed E-state index contributed by atoms with van der Waals surface area (Å²) < 4.78 is 0. The summed E-state index contributed by atoms with van der Waals surface area (Å²) in [6.45, 7) is 1.74. The molecule has 3 heteroatoms. The van der Waals surface area contributed by atoms with Crippen LogP contribution in [0.15, 0.2) is 112 Å². The highest BCUT2D eigenvalue weighted by Gasteiger charge is 2.13. The second-order valence-electron chi connectivity index (χ2n) is 7.69. The Kier molecular flexibility index (Phi) is 5.59. The first-order chi connectivity index (χ1) is 15.3. The molecule has 0 atom stereocenters. The predicted molar refractivity (Wildman–Crippen MR) is 135 cm³/mol. The zero-order chi connectivity index (χ0) is 21.0. The van der Waals surface area contributed by atoms with Crippen LogP contribution in [0.3, 0.4) is 0 Å². The molecular formula is C28H24N2S. The molecule has 0 bridgehead atoms. The summed E-state index contributed by atoms with van der Waals surface area (Å²) in [6.07, 6.45) is 4.36. The molecule has 1 aliphatic heterocycles. The Morgan fingerprint density at radius 1 is 0.806 bits per heavy atom. The molecule has 152 valence electrons. The Bertz CT molecular complexity index is 1290. The number of benzodiazepines with no additional fused rings is 1. The van der Waals surface area contributed by atoms with E-state index in [1.807, 2.05) is 0 Å². The van der Waals surface area contributed by atoms with E-state index in [2.05, 4.69) is 115 Å². The van der Waals surface area contributed by atoms with Crippen molar-refractivity contribution in [1.82, 2.24) is 0 Å². The number of hydrogen-bond acceptors (Lipinski definition) is 3. The summed E-state index contributed by atoms with van der Waals surface area (Å²) in [5.41, 5.74) is 4.68. The number of aliphatic imine (C=N–C) groups is 1. The maximum absolute atomic E-state index is 4.86. The number of likely N-dealkylation sites (N-methyl/N-ethyl adjacent to an activating group) is 1. The summed E-state index contributed by atoms with van der Waals surface area (Å²) in [7, 11) is 2.14. The average molecular weight is 421 g/mol. The zero-order valence-electron chi connectivity index (χ0n) is 17.5. The lowest BCUT2D eigenvalue weighted by atomic mass is 10.1. The van der Waals surface area contributed by atoms with Crippen molar-refractivity contribution in [2.24, 2.45) is 4.99 Å². The minimum absolute atomic E-state index is 0.804. The van der Waals surface area contributed by atoms with Gasteiger partial charge in [-0.25, -0.2) is 0 Å². The van der Waals surface area contributed by atoms with Crippen LogP contribution in [0, 0.1) is 0 Å². The van der Waals surface area contributed by atoms with Crippen molar-refractivity contribution in [3.05, 3.63) is 108 Å². The van der Waals surface area contributed by atoms with Crippen LogP contribution in [0.1, 0.15) is 11.1 Å². The first kappa shape index (κ1) is 19.7. The molecule has 1 aliphatic rings. The Labute approximate surface area is 187 Å². The molecular weight excluding hydrogens is 396 g/mol. The third-order valence-corrected chi connectivity index (χ3v) is 6.68. The van der Waals surface area contributed by atoms with E-state index in [1.54, 1.807) is 11.8 Å². The number of para-hydroxylation sites is 1. The highest BCUT2D eigenvalue weighted by atomic mass is 32.2. The number of hydrogen-bond donors (Lipinski definition) is 0. The number of anilines is 1. The zero-order valence-corrected chi connectivity index (χ0v) is 18.3. The first-order valence-electron chi connectivity index (χ1n) is 10.6. The SMILES string of the molecule is CN1CCN=C(C=Cc2ccccc2Sc2ccc3ccccc3c2)c2ccccc21. The molecule has 4 aromatic carbocycles. The summed E-state index contributed by atoms with van der Waals surface area (Å²) in [6, 6.07) is 32.3. The van der Waals surface area contributed by atoms with E-state index in [0.29, 0.717) is 0 Å². The fourth-order valence-electron chi connectivity index (χ4n) is 3.93. The molecule has 0 fully saturated rings. The molecule has 0 saturated carbocycles. The molecule has 0 spiro atoms. The summed E-state index contributed by atoms with van der Waals surface area (Å²) >= 11 is 1.81. The van der Waals surface area contributed by atoms with Crippen LogP contribution in [0.5, 0.6) is 0 Å². The highest BCUT2D eigenvalue weighted by Crippen LogP contribution is 2.33. The van der Waals surface area contributed by atoms with Crippen molar-refractivity contribution >= 4 is 40.0 Å². The number of allylic oxidation sites excluding steroid dienone is 1. The van der Waals surface area contributed by atoms with Gasteiger partial charge in [0.25, 0.3) is 0 Å². The first-order valence-corrected chi connectivity index (χ1v) is 11.4. The van der Waals surface area contributed by atoms with Crippen molar-refractivity contribution in [3.63, 3.8) is 0 Å². The lowest BCUT2D eigenvalue weighted by molar-refractivity contribution is 0.897. The molecule has 0 radical (unpaired) electrons. The van der Waals surface area contributed by atoms with E-state index in [4.69, 9.17) is 4.99 Å². The molecule has 0 aliphatic carbocycles. The molecule has 0 saturated heterocycles. The monoisotopic (exact) mass is 420 g/mol. The predicted octanol–water partition coefficient (Wildman–Crippen LogP) is 6.94. The summed E-state index contributed by atoms with van der Waals surface area (Å²) in [4.78, 5) is 9.63. The number of fused-ring (bicyclic) bond motifs is 2. The molecule has 0 unspecified atom stereocenters. The van der Waals surface area contributed by atoms with Gasteiger partial charge in [-0.15, -0.1) is 0 Å². The maximum Gasteiger partial charge on any atom is 0.0668 e. The van der Waals surface area contributed by atoms with E-state index in [9.17, 15) is 0 Å². The van der Waals surface area contributed by atoms with Crippen LogP contribution in [0.4, 0.5) is 5.69 Å². The smallest absolute Gasteiger partial charge is 0.0668 e. The molecule has 4 aromatic rings. The van der Waals surface area contributed by atoms with Gasteiger partial charge in [-0.2, -0.15) is 0 Å². The van der Waals surface area contributed by atoms with Crippen molar-refractivity contribution in [2.75, 3.05) is 25.0 Å². The van der Waals surface area contributed by atoms with Gasteiger partial charge < -0.3 is 4.90 Å². The number of nitrogens with zero attached hydrogens (tertiary/aromatic N) is 2. The number of benzene rings is 4. The lowest BCUT2D eigenvalue weighted by Gasteiger charge is -2.18. The molecule has 0 amide bonds. The normalized spacial score (nSPS) is 13.8. The fraction of sp³-hybridized carbons (Fsp3) is 0.107. The Hall–Kier alpha value is -3.30. The van der Waals surface area contributed by atoms with Gasteiger partial charge in [0.05, 0.1) is 12.3 Å². The van der Waals surface area contributed by atoms with Gasteiger partial charge in [0.1, 0.15) is 0 Å². The minimum Gasteiger partial charge on any atom is -0.372 e. The standard InChI is InChI=1S/C28H24N2S/c1-30-19-18-29-26(25-11-5-6-12-27(25)30)17-15-22-9-4-7-13-28(22)31-24-16-14-21-8-2-3-10-23(21)20-24/h2-17,20H,18-19H2,1H3. The highest BCUT2D eigenvalue weighted by molar-refractivity contribution is 7.99. The second kappa shape index (κ2) is 8.83. The van der Waals surface area contributed by atoms with Gasteiger partial charge >= 0.3 is 0 Å². The van der Waals surface area contributed by atoms with Crippen LogP contribution in [-0.2, 0) is 0 Å². The quantitative estimate of drug-likeness (QED) is 0.355. The second-order valence-corrected chi connectivity index (χ2v) is 8.80. The van der Waals surface area contributed by atoms with Crippen LogP contribution in [0.25, 0.3) is 16.8 Å². The molecule has 1 heterocycles. The minimum atomic E-state index is 0.804. The van der Waals surface area contributed by atoms with Crippen molar-refractivity contribution in [1.29, 1.82) is 0 Å². The average Bonchev–Trinajstić information content (AvgIpc) is 2.97. The fourth-order valence-corrected chi connectivity index (χ4v) is 4.91. The van der Waals surface area contributed by atoms with Crippen LogP contribution in [-0.4, -0.2) is 25.8 Å². The van der Waals surface area contributed by atoms with E-state index in [1.165, 1.54) is 37.4 Å². The van der Waals surface area contributed by atoms with E-state index in [-0.39, 0.29) is 0 Å². The van der Waals surface area contributed by atoms with E-state index < -0.39 is 0 Å². The topological polar surface area (TPSA) is 15.6 Å². The molecule has 31 heavy (non-hydrogen) atoms. The third kappa shape index (κ3) is 4.28. The largest absolute Gasteiger partial charge is 0.372 e. The van der Waals surface area contributed by atoms with Crippen molar-refractivity contribution in [2.45, 2.75) is 9.79 Å². The van der Waals surface area contributed by atoms with Gasteiger partial charge in [0.2, 0.25) is 0 Å². The lowest BCUT2D eigenvalue weighted by Crippen LogP contribution is -2.20. The van der Waals surface area contributed by atoms with Gasteiger partial charge in [-0.05, 0) is 46.7 Å².